The van der Waals surface area contributed by atoms with Gasteiger partial charge >= 0.3 is 0 Å². The fourth-order valence-electron chi connectivity index (χ4n) is 2.19. The molecule has 1 rings (SSSR count). The van der Waals surface area contributed by atoms with Gasteiger partial charge in [-0.05, 0) is 50.7 Å². The Balaban J connectivity index is 1.84. The van der Waals surface area contributed by atoms with Crippen LogP contribution < -0.4 is 5.32 Å². The topological polar surface area (TPSA) is 32.3 Å². The van der Waals surface area contributed by atoms with Gasteiger partial charge in [0.05, 0.1) is 6.10 Å². The third-order valence-corrected chi connectivity index (χ3v) is 3.86. The zero-order valence-electron chi connectivity index (χ0n) is 9.87. The van der Waals surface area contributed by atoms with Crippen LogP contribution in [0.4, 0.5) is 0 Å². The Morgan fingerprint density at radius 3 is 2.67 bits per heavy atom. The number of aliphatic hydroxyl groups excluding tert-OH is 1. The van der Waals surface area contributed by atoms with Crippen LogP contribution >= 0.6 is 11.8 Å². The average Bonchev–Trinajstić information content (AvgIpc) is 2.63. The molecule has 15 heavy (non-hydrogen) atoms. The van der Waals surface area contributed by atoms with Crippen LogP contribution in [0.2, 0.25) is 0 Å². The first-order valence-corrected chi connectivity index (χ1v) is 7.64. The first kappa shape index (κ1) is 13.3. The molecule has 1 saturated carbocycles. The smallest absolute Gasteiger partial charge is 0.0693 e. The maximum Gasteiger partial charge on any atom is 0.0693 e. The molecule has 0 bridgehead atoms. The van der Waals surface area contributed by atoms with Crippen LogP contribution in [0.5, 0.6) is 0 Å². The number of aliphatic hydroxyl groups is 1. The summed E-state index contributed by atoms with van der Waals surface area (Å²) < 4.78 is 0. The molecule has 1 aliphatic rings. The number of hydrogen-bond acceptors (Lipinski definition) is 3. The zero-order valence-corrected chi connectivity index (χ0v) is 10.7. The fourth-order valence-corrected chi connectivity index (χ4v) is 2.68. The van der Waals surface area contributed by atoms with Crippen LogP contribution in [0.25, 0.3) is 0 Å². The molecule has 1 fully saturated rings. The van der Waals surface area contributed by atoms with Gasteiger partial charge in [-0.2, -0.15) is 11.8 Å². The highest BCUT2D eigenvalue weighted by Crippen LogP contribution is 2.18. The zero-order chi connectivity index (χ0) is 10.9. The minimum absolute atomic E-state index is 0.0820. The molecule has 0 aliphatic heterocycles. The second-order valence-corrected chi connectivity index (χ2v) is 5.45. The summed E-state index contributed by atoms with van der Waals surface area (Å²) in [6.45, 7) is 1.08. The van der Waals surface area contributed by atoms with Crippen molar-refractivity contribution in [2.45, 2.75) is 57.1 Å². The molecule has 0 spiro atoms. The van der Waals surface area contributed by atoms with Crippen molar-refractivity contribution in [1.29, 1.82) is 0 Å². The van der Waals surface area contributed by atoms with E-state index in [-0.39, 0.29) is 6.10 Å². The van der Waals surface area contributed by atoms with Crippen molar-refractivity contribution >= 4 is 11.8 Å². The summed E-state index contributed by atoms with van der Waals surface area (Å²) in [5.74, 6) is 1.30. The molecule has 90 valence electrons. The van der Waals surface area contributed by atoms with Crippen molar-refractivity contribution in [3.63, 3.8) is 0 Å². The number of hydrogen-bond donors (Lipinski definition) is 2. The van der Waals surface area contributed by atoms with Crippen LogP contribution in [0, 0.1) is 0 Å². The van der Waals surface area contributed by atoms with Gasteiger partial charge in [0.1, 0.15) is 0 Å². The molecule has 1 aliphatic carbocycles. The van der Waals surface area contributed by atoms with Crippen LogP contribution in [-0.4, -0.2) is 35.8 Å². The molecule has 3 heteroatoms. The Morgan fingerprint density at radius 1 is 1.20 bits per heavy atom. The van der Waals surface area contributed by atoms with Gasteiger partial charge in [-0.1, -0.05) is 12.8 Å². The standard InChI is InChI=1S/C12H25NOS/c1-15-10-5-3-2-4-9-13-11-7-6-8-12(11)14/h11-14H,2-10H2,1H3/t11-,12-/m1/s1. The summed E-state index contributed by atoms with van der Waals surface area (Å²) >= 11 is 1.94. The van der Waals surface area contributed by atoms with Gasteiger partial charge in [-0.25, -0.2) is 0 Å². The van der Waals surface area contributed by atoms with Crippen LogP contribution in [0.3, 0.4) is 0 Å². The molecule has 2 N–H and O–H groups in total. The lowest BCUT2D eigenvalue weighted by atomic mass is 10.2. The SMILES string of the molecule is CSCCCCCCN[C@@H]1CCC[C@H]1O. The maximum absolute atomic E-state index is 9.60. The van der Waals surface area contributed by atoms with E-state index in [0.717, 1.165) is 19.4 Å². The van der Waals surface area contributed by atoms with E-state index >= 15 is 0 Å². The first-order valence-electron chi connectivity index (χ1n) is 6.25. The summed E-state index contributed by atoms with van der Waals surface area (Å²) in [5.41, 5.74) is 0. The Morgan fingerprint density at radius 2 is 2.00 bits per heavy atom. The summed E-state index contributed by atoms with van der Waals surface area (Å²) in [6.07, 6.45) is 10.7. The molecule has 2 nitrogen and oxygen atoms in total. The second kappa shape index (κ2) is 8.43. The minimum atomic E-state index is -0.0820. The molecule has 0 amide bonds. The molecule has 0 aromatic rings. The van der Waals surface area contributed by atoms with Gasteiger partial charge in [-0.15, -0.1) is 0 Å². The molecule has 0 saturated heterocycles. The van der Waals surface area contributed by atoms with Crippen molar-refractivity contribution in [2.75, 3.05) is 18.6 Å². The van der Waals surface area contributed by atoms with Crippen molar-refractivity contribution in [1.82, 2.24) is 5.32 Å². The van der Waals surface area contributed by atoms with Gasteiger partial charge in [0.2, 0.25) is 0 Å². The van der Waals surface area contributed by atoms with Gasteiger partial charge in [0, 0.05) is 6.04 Å². The second-order valence-electron chi connectivity index (χ2n) is 4.47. The normalized spacial score (nSPS) is 26.0. The van der Waals surface area contributed by atoms with E-state index < -0.39 is 0 Å². The summed E-state index contributed by atoms with van der Waals surface area (Å²) in [4.78, 5) is 0. The summed E-state index contributed by atoms with van der Waals surface area (Å²) in [5, 5.41) is 13.1. The highest BCUT2D eigenvalue weighted by molar-refractivity contribution is 7.98. The predicted octanol–water partition coefficient (Wildman–Crippen LogP) is 2.41. The third kappa shape index (κ3) is 5.79. The largest absolute Gasteiger partial charge is 0.392 e. The number of nitrogens with one attached hydrogen (secondary N) is 1. The van der Waals surface area contributed by atoms with E-state index in [1.165, 1.54) is 37.9 Å². The third-order valence-electron chi connectivity index (χ3n) is 3.16. The molecular weight excluding hydrogens is 206 g/mol. The van der Waals surface area contributed by atoms with Gasteiger partial charge < -0.3 is 10.4 Å². The summed E-state index contributed by atoms with van der Waals surface area (Å²) in [6, 6.07) is 0.385. The number of thioether (sulfide) groups is 1. The van der Waals surface area contributed by atoms with E-state index in [1.807, 2.05) is 11.8 Å². The Kier molecular flexibility index (Phi) is 7.49. The predicted molar refractivity (Wildman–Crippen MR) is 68.5 cm³/mol. The monoisotopic (exact) mass is 231 g/mol. The molecule has 0 aromatic carbocycles. The van der Waals surface area contributed by atoms with E-state index in [9.17, 15) is 5.11 Å². The molecule has 0 aromatic heterocycles. The molecule has 0 radical (unpaired) electrons. The van der Waals surface area contributed by atoms with Crippen LogP contribution in [0.1, 0.15) is 44.9 Å². The molecule has 2 atom stereocenters. The van der Waals surface area contributed by atoms with Crippen molar-refractivity contribution in [3.05, 3.63) is 0 Å². The summed E-state index contributed by atoms with van der Waals surface area (Å²) in [7, 11) is 0. The Bertz CT molecular complexity index is 155. The van der Waals surface area contributed by atoms with Gasteiger partial charge in [0.25, 0.3) is 0 Å². The number of unbranched alkanes of at least 4 members (excludes halogenated alkanes) is 3. The highest BCUT2D eigenvalue weighted by Gasteiger charge is 2.23. The van der Waals surface area contributed by atoms with E-state index in [2.05, 4.69) is 11.6 Å². The minimum Gasteiger partial charge on any atom is -0.392 e. The lowest BCUT2D eigenvalue weighted by Gasteiger charge is -2.16. The van der Waals surface area contributed by atoms with Gasteiger partial charge in [0.15, 0.2) is 0 Å². The van der Waals surface area contributed by atoms with Crippen molar-refractivity contribution in [2.24, 2.45) is 0 Å². The van der Waals surface area contributed by atoms with Gasteiger partial charge in [-0.3, -0.25) is 0 Å². The highest BCUT2D eigenvalue weighted by atomic mass is 32.2. The molecule has 0 heterocycles. The lowest BCUT2D eigenvalue weighted by molar-refractivity contribution is 0.149. The first-order chi connectivity index (χ1) is 7.34. The Hall–Kier alpha value is 0.270. The average molecular weight is 231 g/mol. The molecular formula is C12H25NOS. The van der Waals surface area contributed by atoms with E-state index in [0.29, 0.717) is 6.04 Å². The van der Waals surface area contributed by atoms with Crippen molar-refractivity contribution in [3.8, 4) is 0 Å². The lowest BCUT2D eigenvalue weighted by Crippen LogP contribution is -2.36. The van der Waals surface area contributed by atoms with Crippen LogP contribution in [-0.2, 0) is 0 Å². The van der Waals surface area contributed by atoms with E-state index in [4.69, 9.17) is 0 Å². The maximum atomic E-state index is 9.60. The number of rotatable bonds is 8. The quantitative estimate of drug-likeness (QED) is 0.629. The fraction of sp³-hybridized carbons (Fsp3) is 1.00. The molecule has 0 unspecified atom stereocenters. The van der Waals surface area contributed by atoms with E-state index in [1.54, 1.807) is 0 Å². The van der Waals surface area contributed by atoms with Crippen molar-refractivity contribution < 1.29 is 5.11 Å². The van der Waals surface area contributed by atoms with Crippen LogP contribution in [0.15, 0.2) is 0 Å². The Labute approximate surface area is 98.2 Å².